The molecule has 18 heavy (non-hydrogen) atoms. The predicted molar refractivity (Wildman–Crippen MR) is 67.2 cm³/mol. The summed E-state index contributed by atoms with van der Waals surface area (Å²) in [4.78, 5) is 2.76. The Bertz CT molecular complexity index is 616. The van der Waals surface area contributed by atoms with Crippen molar-refractivity contribution in [3.8, 4) is 0 Å². The Morgan fingerprint density at radius 1 is 1.22 bits per heavy atom. The molecule has 0 radical (unpaired) electrons. The maximum Gasteiger partial charge on any atom is 0.204 e. The number of fused-ring (bicyclic) bond motifs is 1. The molecule has 1 aromatic rings. The van der Waals surface area contributed by atoms with Crippen molar-refractivity contribution in [2.45, 2.75) is 17.7 Å². The predicted octanol–water partition coefficient (Wildman–Crippen LogP) is 2.05. The molecule has 0 N–H and O–H groups in total. The third-order valence-electron chi connectivity index (χ3n) is 3.50. The third kappa shape index (κ3) is 1.87. The molecule has 0 atom stereocenters. The number of likely N-dealkylation sites (tertiary alicyclic amines) is 1. The van der Waals surface area contributed by atoms with Crippen molar-refractivity contribution in [2.24, 2.45) is 0 Å². The molecule has 0 saturated carbocycles. The van der Waals surface area contributed by atoms with E-state index in [1.807, 2.05) is 0 Å². The molecular formula is C13H14FNO2S. The lowest BCUT2D eigenvalue weighted by molar-refractivity contribution is 0.374. The number of halogens is 1. The number of hydrogen-bond acceptors (Lipinski definition) is 3. The quantitative estimate of drug-likeness (QED) is 0.770. The zero-order valence-electron chi connectivity index (χ0n) is 9.89. The number of hydrogen-bond donors (Lipinski definition) is 0. The van der Waals surface area contributed by atoms with Gasteiger partial charge in [-0.3, -0.25) is 4.90 Å². The van der Waals surface area contributed by atoms with E-state index < -0.39 is 15.7 Å². The summed E-state index contributed by atoms with van der Waals surface area (Å²) < 4.78 is 37.6. The molecule has 0 unspecified atom stereocenters. The fraction of sp³-hybridized carbons (Fsp3) is 0.385. The minimum Gasteiger partial charge on any atom is -0.298 e. The van der Waals surface area contributed by atoms with Gasteiger partial charge in [0, 0.05) is 6.54 Å². The van der Waals surface area contributed by atoms with Crippen LogP contribution in [-0.4, -0.2) is 33.0 Å². The highest BCUT2D eigenvalue weighted by Gasteiger charge is 2.31. The first-order valence-electron chi connectivity index (χ1n) is 6.05. The standard InChI is InChI=1S/C13H14FNO2S/c14-11-3-4-13-10(7-11)8-12(18(13,16)17)9-15-5-1-2-6-15/h3-4,7-8H,1-2,5-6,9H2. The van der Waals surface area contributed by atoms with Crippen LogP contribution in [0.3, 0.4) is 0 Å². The van der Waals surface area contributed by atoms with Gasteiger partial charge in [0.15, 0.2) is 0 Å². The summed E-state index contributed by atoms with van der Waals surface area (Å²) in [6, 6.07) is 3.83. The average molecular weight is 267 g/mol. The second-order valence-electron chi connectivity index (χ2n) is 4.78. The topological polar surface area (TPSA) is 37.4 Å². The number of nitrogens with zero attached hydrogens (tertiary/aromatic N) is 1. The van der Waals surface area contributed by atoms with Crippen molar-refractivity contribution in [1.82, 2.24) is 4.90 Å². The zero-order chi connectivity index (χ0) is 12.8. The van der Waals surface area contributed by atoms with Gasteiger partial charge in [0.2, 0.25) is 9.84 Å². The number of benzene rings is 1. The summed E-state index contributed by atoms with van der Waals surface area (Å²) in [5.41, 5.74) is 0.476. The Morgan fingerprint density at radius 3 is 2.67 bits per heavy atom. The van der Waals surface area contributed by atoms with E-state index in [1.54, 1.807) is 6.08 Å². The first-order chi connectivity index (χ1) is 8.57. The number of sulfone groups is 1. The lowest BCUT2D eigenvalue weighted by atomic mass is 10.2. The van der Waals surface area contributed by atoms with Crippen molar-refractivity contribution >= 4 is 15.9 Å². The fourth-order valence-corrected chi connectivity index (χ4v) is 4.15. The van der Waals surface area contributed by atoms with Gasteiger partial charge in [-0.1, -0.05) is 0 Å². The number of rotatable bonds is 2. The molecule has 0 bridgehead atoms. The van der Waals surface area contributed by atoms with E-state index in [0.717, 1.165) is 25.9 Å². The van der Waals surface area contributed by atoms with Crippen LogP contribution in [0.15, 0.2) is 28.0 Å². The lowest BCUT2D eigenvalue weighted by Crippen LogP contribution is -2.23. The van der Waals surface area contributed by atoms with Gasteiger partial charge in [-0.2, -0.15) is 0 Å². The summed E-state index contributed by atoms with van der Waals surface area (Å²) in [7, 11) is -3.40. The minimum atomic E-state index is -3.40. The van der Waals surface area contributed by atoms with E-state index in [2.05, 4.69) is 4.90 Å². The molecule has 96 valence electrons. The summed E-state index contributed by atoms with van der Waals surface area (Å²) in [6.07, 6.45) is 3.84. The lowest BCUT2D eigenvalue weighted by Gasteiger charge is -2.14. The highest BCUT2D eigenvalue weighted by Crippen LogP contribution is 2.33. The Morgan fingerprint density at radius 2 is 1.94 bits per heavy atom. The average Bonchev–Trinajstić information content (AvgIpc) is 2.87. The van der Waals surface area contributed by atoms with Crippen molar-refractivity contribution in [3.05, 3.63) is 34.5 Å². The van der Waals surface area contributed by atoms with Crippen LogP contribution in [-0.2, 0) is 9.84 Å². The van der Waals surface area contributed by atoms with Crippen molar-refractivity contribution in [2.75, 3.05) is 19.6 Å². The molecule has 3 rings (SSSR count). The molecular weight excluding hydrogens is 253 g/mol. The fourth-order valence-electron chi connectivity index (χ4n) is 2.56. The molecule has 1 saturated heterocycles. The van der Waals surface area contributed by atoms with Crippen LogP contribution in [0.25, 0.3) is 6.08 Å². The van der Waals surface area contributed by atoms with Gasteiger partial charge in [0.1, 0.15) is 5.82 Å². The summed E-state index contributed by atoms with van der Waals surface area (Å²) in [6.45, 7) is 2.33. The van der Waals surface area contributed by atoms with Crippen molar-refractivity contribution < 1.29 is 12.8 Å². The van der Waals surface area contributed by atoms with Crippen LogP contribution in [0.2, 0.25) is 0 Å². The van der Waals surface area contributed by atoms with Gasteiger partial charge < -0.3 is 0 Å². The van der Waals surface area contributed by atoms with Gasteiger partial charge in [-0.15, -0.1) is 0 Å². The van der Waals surface area contributed by atoms with E-state index in [1.165, 1.54) is 18.2 Å². The van der Waals surface area contributed by atoms with Crippen LogP contribution in [0.5, 0.6) is 0 Å². The van der Waals surface area contributed by atoms with Crippen molar-refractivity contribution in [3.63, 3.8) is 0 Å². The van der Waals surface area contributed by atoms with Crippen LogP contribution in [0, 0.1) is 5.82 Å². The van der Waals surface area contributed by atoms with Gasteiger partial charge in [-0.25, -0.2) is 12.8 Å². The molecule has 2 aliphatic heterocycles. The normalized spacial score (nSPS) is 21.9. The van der Waals surface area contributed by atoms with Crippen molar-refractivity contribution in [1.29, 1.82) is 0 Å². The second-order valence-corrected chi connectivity index (χ2v) is 6.75. The van der Waals surface area contributed by atoms with Crippen LogP contribution in [0.4, 0.5) is 4.39 Å². The monoisotopic (exact) mass is 267 g/mol. The molecule has 0 spiro atoms. The molecule has 5 heteroatoms. The van der Waals surface area contributed by atoms with E-state index in [9.17, 15) is 12.8 Å². The van der Waals surface area contributed by atoms with E-state index >= 15 is 0 Å². The van der Waals surface area contributed by atoms with Gasteiger partial charge in [-0.05, 0) is 55.8 Å². The molecule has 0 aromatic heterocycles. The Hall–Kier alpha value is -1.20. The molecule has 2 heterocycles. The first kappa shape index (κ1) is 11.9. The molecule has 0 aliphatic carbocycles. The molecule has 2 aliphatic rings. The molecule has 1 fully saturated rings. The largest absolute Gasteiger partial charge is 0.298 e. The summed E-state index contributed by atoms with van der Waals surface area (Å²) >= 11 is 0. The van der Waals surface area contributed by atoms with Gasteiger partial charge in [0.25, 0.3) is 0 Å². The molecule has 3 nitrogen and oxygen atoms in total. The van der Waals surface area contributed by atoms with Gasteiger partial charge in [0.05, 0.1) is 9.80 Å². The highest BCUT2D eigenvalue weighted by atomic mass is 32.2. The summed E-state index contributed by atoms with van der Waals surface area (Å²) in [5, 5.41) is 0. The van der Waals surface area contributed by atoms with Crippen LogP contribution < -0.4 is 0 Å². The Kier molecular flexibility index (Phi) is 2.75. The van der Waals surface area contributed by atoms with E-state index in [4.69, 9.17) is 0 Å². The second kappa shape index (κ2) is 4.17. The highest BCUT2D eigenvalue weighted by molar-refractivity contribution is 7.95. The van der Waals surface area contributed by atoms with Gasteiger partial charge >= 0.3 is 0 Å². The Labute approximate surface area is 106 Å². The molecule has 1 aromatic carbocycles. The van der Waals surface area contributed by atoms with E-state index in [-0.39, 0.29) is 4.90 Å². The zero-order valence-corrected chi connectivity index (χ0v) is 10.7. The van der Waals surface area contributed by atoms with E-state index in [0.29, 0.717) is 17.0 Å². The summed E-state index contributed by atoms with van der Waals surface area (Å²) in [5.74, 6) is -0.400. The molecule has 0 amide bonds. The maximum atomic E-state index is 13.1. The SMILES string of the molecule is O=S1(=O)C(CN2CCCC2)=Cc2cc(F)ccc21. The first-order valence-corrected chi connectivity index (χ1v) is 7.53. The Balaban J connectivity index is 1.95. The van der Waals surface area contributed by atoms with Crippen LogP contribution >= 0.6 is 0 Å². The minimum absolute atomic E-state index is 0.234. The maximum absolute atomic E-state index is 13.1. The van der Waals surface area contributed by atoms with Crippen LogP contribution in [0.1, 0.15) is 18.4 Å². The smallest absolute Gasteiger partial charge is 0.204 e. The third-order valence-corrected chi connectivity index (χ3v) is 5.39.